The molecule has 0 radical (unpaired) electrons. The Labute approximate surface area is 125 Å². The van der Waals surface area contributed by atoms with Crippen molar-refractivity contribution in [2.24, 2.45) is 0 Å². The van der Waals surface area contributed by atoms with Crippen LogP contribution in [0.3, 0.4) is 0 Å². The van der Waals surface area contributed by atoms with Crippen molar-refractivity contribution in [3.05, 3.63) is 29.3 Å². The molecule has 1 saturated heterocycles. The zero-order chi connectivity index (χ0) is 15.2. The van der Waals surface area contributed by atoms with E-state index in [4.69, 9.17) is 4.74 Å². The van der Waals surface area contributed by atoms with Gasteiger partial charge in [-0.2, -0.15) is 0 Å². The summed E-state index contributed by atoms with van der Waals surface area (Å²) in [5, 5.41) is 3.05. The van der Waals surface area contributed by atoms with Crippen molar-refractivity contribution < 1.29 is 17.7 Å². The maximum absolute atomic E-state index is 14.2. The quantitative estimate of drug-likeness (QED) is 0.802. The summed E-state index contributed by atoms with van der Waals surface area (Å²) in [5.74, 6) is -0.212. The molecule has 0 aromatic heterocycles. The molecular weight excluding hydrogens is 298 g/mol. The number of halogens is 2. The molecular formula is C14H20F2N2O2S. The van der Waals surface area contributed by atoms with E-state index in [0.717, 1.165) is 0 Å². The molecule has 118 valence electrons. The lowest BCUT2D eigenvalue weighted by molar-refractivity contribution is 0.199. The highest BCUT2D eigenvalue weighted by Crippen LogP contribution is 2.26. The Balaban J connectivity index is 2.04. The standard InChI is InChI=1S/C14H20F2N2O2S/c1-20-5-2-17-10-11-8-12(15)14(13(16)9-11)18-3-6-21(19)7-4-18/h8-9,17H,2-7,10H2,1H3. The van der Waals surface area contributed by atoms with E-state index in [0.29, 0.717) is 49.9 Å². The predicted molar refractivity (Wildman–Crippen MR) is 80.0 cm³/mol. The zero-order valence-electron chi connectivity index (χ0n) is 12.0. The topological polar surface area (TPSA) is 41.6 Å². The van der Waals surface area contributed by atoms with Gasteiger partial charge in [-0.25, -0.2) is 8.78 Å². The summed E-state index contributed by atoms with van der Waals surface area (Å²) in [6, 6.07) is 2.70. The van der Waals surface area contributed by atoms with Gasteiger partial charge in [0, 0.05) is 55.6 Å². The fraction of sp³-hybridized carbons (Fsp3) is 0.571. The van der Waals surface area contributed by atoms with Gasteiger partial charge in [0.2, 0.25) is 0 Å². The lowest BCUT2D eigenvalue weighted by atomic mass is 10.1. The van der Waals surface area contributed by atoms with E-state index in [1.807, 2.05) is 0 Å². The van der Waals surface area contributed by atoms with Crippen LogP contribution in [0.25, 0.3) is 0 Å². The Morgan fingerprint density at radius 2 is 1.90 bits per heavy atom. The number of ether oxygens (including phenoxy) is 1. The first-order chi connectivity index (χ1) is 10.1. The van der Waals surface area contributed by atoms with Gasteiger partial charge in [-0.05, 0) is 17.7 Å². The molecule has 2 rings (SSSR count). The fourth-order valence-corrected chi connectivity index (χ4v) is 3.34. The van der Waals surface area contributed by atoms with Gasteiger partial charge in [0.05, 0.1) is 6.61 Å². The molecule has 1 aromatic carbocycles. The summed E-state index contributed by atoms with van der Waals surface area (Å²) in [6.07, 6.45) is 0. The number of nitrogens with zero attached hydrogens (tertiary/aromatic N) is 1. The summed E-state index contributed by atoms with van der Waals surface area (Å²) >= 11 is 0. The SMILES string of the molecule is COCCNCc1cc(F)c(N2CCS(=O)CC2)c(F)c1. The number of anilines is 1. The molecule has 7 heteroatoms. The van der Waals surface area contributed by atoms with Gasteiger partial charge in [0.25, 0.3) is 0 Å². The molecule has 4 nitrogen and oxygen atoms in total. The normalized spacial score (nSPS) is 16.4. The first-order valence-electron chi connectivity index (χ1n) is 6.89. The fourth-order valence-electron chi connectivity index (χ4n) is 2.29. The van der Waals surface area contributed by atoms with Crippen LogP contribution in [0, 0.1) is 11.6 Å². The van der Waals surface area contributed by atoms with Gasteiger partial charge in [-0.1, -0.05) is 0 Å². The molecule has 0 amide bonds. The maximum Gasteiger partial charge on any atom is 0.149 e. The zero-order valence-corrected chi connectivity index (χ0v) is 12.8. The van der Waals surface area contributed by atoms with E-state index in [2.05, 4.69) is 5.32 Å². The van der Waals surface area contributed by atoms with Crippen molar-refractivity contribution in [1.82, 2.24) is 5.32 Å². The highest BCUT2D eigenvalue weighted by molar-refractivity contribution is 7.85. The van der Waals surface area contributed by atoms with Gasteiger partial charge >= 0.3 is 0 Å². The first-order valence-corrected chi connectivity index (χ1v) is 8.38. The third-order valence-corrected chi connectivity index (χ3v) is 4.66. The second-order valence-corrected chi connectivity index (χ2v) is 6.61. The van der Waals surface area contributed by atoms with E-state index in [-0.39, 0.29) is 5.69 Å². The molecule has 1 fully saturated rings. The average molecular weight is 318 g/mol. The van der Waals surface area contributed by atoms with Crippen LogP contribution in [0.1, 0.15) is 5.56 Å². The molecule has 1 heterocycles. The van der Waals surface area contributed by atoms with Crippen LogP contribution < -0.4 is 10.2 Å². The van der Waals surface area contributed by atoms with Crippen LogP contribution in [-0.4, -0.2) is 49.1 Å². The summed E-state index contributed by atoms with van der Waals surface area (Å²) in [5.41, 5.74) is 0.554. The van der Waals surface area contributed by atoms with E-state index in [9.17, 15) is 13.0 Å². The van der Waals surface area contributed by atoms with Crippen LogP contribution in [0.2, 0.25) is 0 Å². The Morgan fingerprint density at radius 1 is 1.29 bits per heavy atom. The molecule has 0 bridgehead atoms. The van der Waals surface area contributed by atoms with Gasteiger partial charge in [-0.3, -0.25) is 4.21 Å². The van der Waals surface area contributed by atoms with E-state index >= 15 is 0 Å². The number of hydrogen-bond acceptors (Lipinski definition) is 4. The van der Waals surface area contributed by atoms with Crippen LogP contribution >= 0.6 is 0 Å². The third kappa shape index (κ3) is 4.46. The Kier molecular flexibility index (Phi) is 6.08. The second-order valence-electron chi connectivity index (χ2n) is 4.91. The molecule has 1 aromatic rings. The smallest absolute Gasteiger partial charge is 0.149 e. The van der Waals surface area contributed by atoms with E-state index in [1.165, 1.54) is 12.1 Å². The van der Waals surface area contributed by atoms with E-state index < -0.39 is 22.4 Å². The van der Waals surface area contributed by atoms with Gasteiger partial charge in [-0.15, -0.1) is 0 Å². The summed E-state index contributed by atoms with van der Waals surface area (Å²) in [7, 11) is 0.732. The molecule has 0 atom stereocenters. The molecule has 0 saturated carbocycles. The third-order valence-electron chi connectivity index (χ3n) is 3.38. The molecule has 1 aliphatic heterocycles. The van der Waals surface area contributed by atoms with Crippen molar-refractivity contribution in [3.63, 3.8) is 0 Å². The number of rotatable bonds is 6. The molecule has 1 N–H and O–H groups in total. The largest absolute Gasteiger partial charge is 0.383 e. The van der Waals surface area contributed by atoms with Crippen LogP contribution in [-0.2, 0) is 22.1 Å². The van der Waals surface area contributed by atoms with E-state index in [1.54, 1.807) is 12.0 Å². The predicted octanol–water partition coefficient (Wildman–Crippen LogP) is 1.27. The minimum absolute atomic E-state index is 0.00709. The molecule has 0 unspecified atom stereocenters. The number of hydrogen-bond donors (Lipinski definition) is 1. The highest BCUT2D eigenvalue weighted by atomic mass is 32.2. The van der Waals surface area contributed by atoms with Gasteiger partial charge in [0.1, 0.15) is 17.3 Å². The lowest BCUT2D eigenvalue weighted by Gasteiger charge is -2.29. The van der Waals surface area contributed by atoms with Crippen molar-refractivity contribution in [2.75, 3.05) is 49.8 Å². The van der Waals surface area contributed by atoms with Crippen LogP contribution in [0.4, 0.5) is 14.5 Å². The van der Waals surface area contributed by atoms with Gasteiger partial charge < -0.3 is 15.0 Å². The molecule has 0 aliphatic carbocycles. The number of nitrogens with one attached hydrogen (secondary N) is 1. The minimum Gasteiger partial charge on any atom is -0.383 e. The second kappa shape index (κ2) is 7.82. The highest BCUT2D eigenvalue weighted by Gasteiger charge is 2.22. The molecule has 21 heavy (non-hydrogen) atoms. The van der Waals surface area contributed by atoms with Crippen molar-refractivity contribution in [3.8, 4) is 0 Å². The maximum atomic E-state index is 14.2. The summed E-state index contributed by atoms with van der Waals surface area (Å²) in [4.78, 5) is 1.63. The lowest BCUT2D eigenvalue weighted by Crippen LogP contribution is -2.38. The van der Waals surface area contributed by atoms with Crippen molar-refractivity contribution in [1.29, 1.82) is 0 Å². The number of methoxy groups -OCH3 is 1. The molecule has 0 spiro atoms. The van der Waals surface area contributed by atoms with Crippen molar-refractivity contribution in [2.45, 2.75) is 6.54 Å². The number of benzene rings is 1. The Morgan fingerprint density at radius 3 is 2.48 bits per heavy atom. The van der Waals surface area contributed by atoms with Crippen molar-refractivity contribution >= 4 is 16.5 Å². The average Bonchev–Trinajstić information content (AvgIpc) is 2.45. The van der Waals surface area contributed by atoms with Gasteiger partial charge in [0.15, 0.2) is 0 Å². The Hall–Kier alpha value is -1.05. The minimum atomic E-state index is -0.867. The summed E-state index contributed by atoms with van der Waals surface area (Å²) < 4.78 is 44.5. The van der Waals surface area contributed by atoms with Crippen LogP contribution in [0.5, 0.6) is 0 Å². The Bertz CT molecular complexity index is 481. The van der Waals surface area contributed by atoms with Crippen LogP contribution in [0.15, 0.2) is 12.1 Å². The monoisotopic (exact) mass is 318 g/mol. The molecule has 1 aliphatic rings. The first kappa shape index (κ1) is 16.3. The summed E-state index contributed by atoms with van der Waals surface area (Å²) in [6.45, 7) is 2.41.